The van der Waals surface area contributed by atoms with E-state index < -0.39 is 0 Å². The van der Waals surface area contributed by atoms with Gasteiger partial charge in [-0.1, -0.05) is 61.9 Å². The van der Waals surface area contributed by atoms with Gasteiger partial charge in [-0.15, -0.1) is 0 Å². The van der Waals surface area contributed by atoms with Crippen molar-refractivity contribution < 1.29 is 85.4 Å². The van der Waals surface area contributed by atoms with Crippen LogP contribution in [0.15, 0.2) is 48.5 Å². The third-order valence-corrected chi connectivity index (χ3v) is 17.4. The van der Waals surface area contributed by atoms with Crippen molar-refractivity contribution >= 4 is 29.6 Å². The Morgan fingerprint density at radius 1 is 0.484 bits per heavy atom. The predicted octanol–water partition coefficient (Wildman–Crippen LogP) is 5.52. The molecule has 23 nitrogen and oxygen atoms in total. The highest BCUT2D eigenvalue weighted by molar-refractivity contribution is 8.00. The van der Waals surface area contributed by atoms with Crippen LogP contribution in [0.5, 0.6) is 0 Å². The number of carbonyl (C=O) groups is 3. The van der Waals surface area contributed by atoms with Crippen LogP contribution in [-0.4, -0.2) is 264 Å². The van der Waals surface area contributed by atoms with Crippen LogP contribution >= 0.6 is 11.8 Å². The first-order valence-corrected chi connectivity index (χ1v) is 34.8. The predicted molar refractivity (Wildman–Crippen MR) is 348 cm³/mol. The molecule has 0 bridgehead atoms. The Hall–Kier alpha value is -3.64. The highest BCUT2D eigenvalue weighted by Crippen LogP contribution is 2.42. The van der Waals surface area contributed by atoms with Gasteiger partial charge >= 0.3 is 6.03 Å². The van der Waals surface area contributed by atoms with Gasteiger partial charge in [-0.05, 0) is 79.5 Å². The minimum Gasteiger partial charge on any atom is -0.377 e. The zero-order valence-corrected chi connectivity index (χ0v) is 55.3. The number of benzene rings is 2. The van der Waals surface area contributed by atoms with E-state index in [1.807, 2.05) is 11.8 Å². The average molecular weight is 1310 g/mol. The lowest BCUT2D eigenvalue weighted by molar-refractivity contribution is -0.122. The summed E-state index contributed by atoms with van der Waals surface area (Å²) in [6.07, 6.45) is 11.0. The van der Waals surface area contributed by atoms with E-state index in [0.717, 1.165) is 36.5 Å². The number of fused-ring (bicyclic) bond motifs is 1. The lowest BCUT2D eigenvalue weighted by atomic mass is 9.87. The number of thioether (sulfide) groups is 1. The lowest BCUT2D eigenvalue weighted by Crippen LogP contribution is -2.36. The van der Waals surface area contributed by atoms with Crippen LogP contribution < -0.4 is 26.6 Å². The van der Waals surface area contributed by atoms with Crippen LogP contribution in [0.1, 0.15) is 88.2 Å². The average Bonchev–Trinajstić information content (AvgIpc) is 1.76. The molecule has 4 amide bonds. The molecule has 2 aromatic carbocycles. The Labute approximate surface area is 546 Å². The van der Waals surface area contributed by atoms with Crippen molar-refractivity contribution in [1.82, 2.24) is 26.6 Å². The van der Waals surface area contributed by atoms with Crippen molar-refractivity contribution in [3.63, 3.8) is 0 Å². The first kappa shape index (κ1) is 76.4. The number of aryl methyl sites for hydroxylation is 1. The summed E-state index contributed by atoms with van der Waals surface area (Å²) in [5.41, 5.74) is 4.99. The molecule has 2 saturated heterocycles. The number of hydrogen-bond acceptors (Lipinski definition) is 20. The summed E-state index contributed by atoms with van der Waals surface area (Å²) in [6.45, 7) is 17.5. The quantitative estimate of drug-likeness (QED) is 0.0404. The first-order chi connectivity index (χ1) is 44.9. The summed E-state index contributed by atoms with van der Waals surface area (Å²) < 4.78 is 83.3. The minimum atomic E-state index is -0.0640. The normalized spacial score (nSPS) is 20.2. The van der Waals surface area contributed by atoms with Crippen molar-refractivity contribution in [2.75, 3.05) is 217 Å². The molecule has 2 aromatic rings. The van der Waals surface area contributed by atoms with E-state index in [2.05, 4.69) is 82.0 Å². The van der Waals surface area contributed by atoms with Crippen molar-refractivity contribution in [3.8, 4) is 11.1 Å². The van der Waals surface area contributed by atoms with Crippen LogP contribution in [0.25, 0.3) is 11.1 Å². The lowest BCUT2D eigenvalue weighted by Gasteiger charge is -2.27. The van der Waals surface area contributed by atoms with Crippen LogP contribution in [0, 0.1) is 5.92 Å². The molecule has 2 heterocycles. The molecule has 4 aliphatic rings. The van der Waals surface area contributed by atoms with Gasteiger partial charge in [0, 0.05) is 54.9 Å². The van der Waals surface area contributed by atoms with Crippen molar-refractivity contribution in [1.29, 1.82) is 0 Å². The Bertz CT molecular complexity index is 2150. The van der Waals surface area contributed by atoms with Crippen LogP contribution in [0.4, 0.5) is 4.79 Å². The Morgan fingerprint density at radius 2 is 0.901 bits per heavy atom. The number of carbonyl (C=O) groups excluding carboxylic acids is 3. The van der Waals surface area contributed by atoms with Gasteiger partial charge in [0.05, 0.1) is 210 Å². The number of urea groups is 1. The molecule has 91 heavy (non-hydrogen) atoms. The molecule has 2 saturated carbocycles. The van der Waals surface area contributed by atoms with Gasteiger partial charge in [0.2, 0.25) is 11.8 Å². The fourth-order valence-electron chi connectivity index (χ4n) is 10.7. The van der Waals surface area contributed by atoms with Crippen LogP contribution in [0.3, 0.4) is 0 Å². The van der Waals surface area contributed by atoms with Crippen LogP contribution in [0.2, 0.25) is 0 Å². The molecule has 518 valence electrons. The van der Waals surface area contributed by atoms with E-state index in [4.69, 9.17) is 71.1 Å². The Morgan fingerprint density at radius 3 is 1.34 bits per heavy atom. The summed E-state index contributed by atoms with van der Waals surface area (Å²) >= 11 is 1.90. The molecule has 5 N–H and O–H groups in total. The molecule has 2 aliphatic heterocycles. The van der Waals surface area contributed by atoms with Gasteiger partial charge in [-0.2, -0.15) is 11.8 Å². The third kappa shape index (κ3) is 36.7. The fraction of sp³-hybridized carbons (Fsp3) is 0.776. The van der Waals surface area contributed by atoms with Crippen molar-refractivity contribution in [3.05, 3.63) is 59.7 Å². The molecule has 0 aromatic heterocycles. The molecule has 0 spiro atoms. The minimum absolute atomic E-state index is 0.0213. The zero-order chi connectivity index (χ0) is 63.7. The number of unbranched alkanes of at least 4 members (excludes halogenated alkanes) is 1. The Kier molecular flexibility index (Phi) is 42.6. The van der Waals surface area contributed by atoms with Gasteiger partial charge in [0.1, 0.15) is 0 Å². The maximum Gasteiger partial charge on any atom is 0.315 e. The molecule has 5 atom stereocenters. The second-order valence-corrected chi connectivity index (χ2v) is 24.4. The molecule has 0 radical (unpaired) electrons. The van der Waals surface area contributed by atoms with Gasteiger partial charge in [-0.3, -0.25) is 9.59 Å². The highest BCUT2D eigenvalue weighted by atomic mass is 32.2. The van der Waals surface area contributed by atoms with Gasteiger partial charge in [-0.25, -0.2) is 4.79 Å². The van der Waals surface area contributed by atoms with Crippen molar-refractivity contribution in [2.24, 2.45) is 5.92 Å². The monoisotopic (exact) mass is 1310 g/mol. The number of ether oxygens (including phenoxy) is 15. The second-order valence-electron chi connectivity index (χ2n) is 23.1. The van der Waals surface area contributed by atoms with Crippen molar-refractivity contribution in [2.45, 2.75) is 113 Å². The van der Waals surface area contributed by atoms with E-state index >= 15 is 0 Å². The van der Waals surface area contributed by atoms with E-state index in [9.17, 15) is 14.4 Å². The molecule has 4 fully saturated rings. The molecular formula is C67H111N5O18S. The standard InChI is InChI=1S/C67H111N5O18S/c1-54-9-16-59(17-10-54)70-61-52-60(61)57-14-12-56(13-15-57)58-6-4-5-55(51-58)11-18-65(74)69-20-22-77-24-26-79-28-30-81-32-34-83-36-38-85-40-42-87-44-46-89-48-50-90-49-47-88-45-43-86-41-39-84-37-35-82-33-31-80-29-27-78-25-23-76-21-19-68-64(73)8-3-2-7-63-66-62(53-91-63)71-67(75)72-66/h4-6,12-15,51,54,59-63,66,70H,2-3,7-11,16-50,52-53H2,1H3,(H,68,73)(H,69,74)(H2,71,72,75)/t54?,59?,60-,61+,62-,63-,66-/m0/s1. The second kappa shape index (κ2) is 50.7. The number of amides is 4. The number of hydrogen-bond donors (Lipinski definition) is 5. The SMILES string of the molecule is CC1CCC(N[C@@H]2C[C@H]2c2ccc(-c3cccc(CCC(=O)NCCOCCOCCOCCOCCOCCOCCOCCOCCOCCOCCOCCOCCOCCOCCOCCNC(=O)CCCC[C@@H]4SC[C@@H]5NC(=O)N[C@@H]54)c3)cc2)CC1. The summed E-state index contributed by atoms with van der Waals surface area (Å²) in [6, 6.07) is 19.3. The van der Waals surface area contributed by atoms with E-state index in [0.29, 0.717) is 254 Å². The zero-order valence-electron chi connectivity index (χ0n) is 54.5. The summed E-state index contributed by atoms with van der Waals surface area (Å²) in [7, 11) is 0. The maximum atomic E-state index is 12.5. The maximum absolute atomic E-state index is 12.5. The summed E-state index contributed by atoms with van der Waals surface area (Å²) in [4.78, 5) is 36.1. The van der Waals surface area contributed by atoms with Gasteiger partial charge < -0.3 is 97.6 Å². The number of rotatable bonds is 60. The van der Waals surface area contributed by atoms with E-state index in [-0.39, 0.29) is 29.9 Å². The summed E-state index contributed by atoms with van der Waals surface area (Å²) in [5, 5.41) is 16.2. The van der Waals surface area contributed by atoms with E-state index in [1.54, 1.807) is 0 Å². The fourth-order valence-corrected chi connectivity index (χ4v) is 12.3. The number of nitrogens with one attached hydrogen (secondary N) is 5. The topological polar surface area (TPSA) is 250 Å². The molecule has 2 aliphatic carbocycles. The van der Waals surface area contributed by atoms with E-state index in [1.165, 1.54) is 48.8 Å². The Balaban J connectivity index is 0.552. The third-order valence-electron chi connectivity index (χ3n) is 15.9. The molecule has 0 unspecified atom stereocenters. The molecular weight excluding hydrogens is 1190 g/mol. The highest BCUT2D eigenvalue weighted by Gasteiger charge is 2.43. The summed E-state index contributed by atoms with van der Waals surface area (Å²) in [5.74, 6) is 2.53. The molecule has 24 heteroatoms. The van der Waals surface area contributed by atoms with Gasteiger partial charge in [0.25, 0.3) is 0 Å². The van der Waals surface area contributed by atoms with Gasteiger partial charge in [0.15, 0.2) is 0 Å². The first-order valence-electron chi connectivity index (χ1n) is 33.7. The largest absolute Gasteiger partial charge is 0.377 e. The molecule has 6 rings (SSSR count). The van der Waals surface area contributed by atoms with Crippen LogP contribution in [-0.2, 0) is 87.1 Å². The smallest absolute Gasteiger partial charge is 0.315 e.